The molecule has 2 saturated carbocycles. The summed E-state index contributed by atoms with van der Waals surface area (Å²) >= 11 is 6.51. The molecule has 2 aliphatic carbocycles. The Morgan fingerprint density at radius 2 is 1.91 bits per heavy atom. The number of benzene rings is 1. The number of hydrogen-bond acceptors (Lipinski definition) is 5. The van der Waals surface area contributed by atoms with Gasteiger partial charge in [-0.15, -0.1) is 6.42 Å². The average Bonchev–Trinajstić information content (AvgIpc) is 2.75. The molecule has 0 atom stereocenters. The molecule has 6 nitrogen and oxygen atoms in total. The van der Waals surface area contributed by atoms with Gasteiger partial charge in [-0.25, -0.2) is 0 Å². The molecular formula is C25H32ClNO5. The third kappa shape index (κ3) is 4.66. The Balaban J connectivity index is 0.00000141. The Morgan fingerprint density at radius 1 is 1.28 bits per heavy atom. The number of rotatable bonds is 5. The second kappa shape index (κ2) is 9.43. The van der Waals surface area contributed by atoms with Crippen LogP contribution >= 0.6 is 11.6 Å². The number of ether oxygens (including phenoxy) is 2. The van der Waals surface area contributed by atoms with Crippen LogP contribution in [0.25, 0.3) is 0 Å². The van der Waals surface area contributed by atoms with Gasteiger partial charge in [-0.3, -0.25) is 9.69 Å². The average molecular weight is 462 g/mol. The van der Waals surface area contributed by atoms with E-state index in [2.05, 4.69) is 19.8 Å². The largest absolute Gasteiger partial charge is 0.489 e. The fraction of sp³-hybridized carbons (Fsp3) is 0.600. The molecular weight excluding hydrogens is 430 g/mol. The molecule has 1 N–H and O–H groups in total. The molecule has 0 bridgehead atoms. The van der Waals surface area contributed by atoms with Crippen molar-refractivity contribution >= 4 is 29.5 Å². The molecule has 0 aromatic heterocycles. The van der Waals surface area contributed by atoms with E-state index in [0.717, 1.165) is 26.2 Å². The number of halogens is 1. The second-order valence-corrected chi connectivity index (χ2v) is 10.3. The highest BCUT2D eigenvalue weighted by Gasteiger charge is 2.57. The van der Waals surface area contributed by atoms with Gasteiger partial charge in [-0.1, -0.05) is 25.4 Å². The Labute approximate surface area is 195 Å². The molecule has 174 valence electrons. The van der Waals surface area contributed by atoms with Crippen LogP contribution < -0.4 is 9.64 Å². The lowest BCUT2D eigenvalue weighted by Gasteiger charge is -2.61. The van der Waals surface area contributed by atoms with Crippen LogP contribution in [-0.2, 0) is 14.3 Å². The van der Waals surface area contributed by atoms with E-state index in [9.17, 15) is 9.59 Å². The van der Waals surface area contributed by atoms with Crippen LogP contribution in [0.4, 0.5) is 5.69 Å². The summed E-state index contributed by atoms with van der Waals surface area (Å²) in [4.78, 5) is 26.0. The highest BCUT2D eigenvalue weighted by Crippen LogP contribution is 2.64. The van der Waals surface area contributed by atoms with Gasteiger partial charge < -0.3 is 19.4 Å². The molecule has 1 spiro atoms. The lowest BCUT2D eigenvalue weighted by atomic mass is 9.45. The van der Waals surface area contributed by atoms with Crippen LogP contribution in [0.15, 0.2) is 18.2 Å². The molecule has 1 saturated heterocycles. The Morgan fingerprint density at radius 3 is 2.41 bits per heavy atom. The number of aldehydes is 1. The maximum atomic E-state index is 12.6. The lowest BCUT2D eigenvalue weighted by Crippen LogP contribution is -2.56. The monoisotopic (exact) mass is 461 g/mol. The van der Waals surface area contributed by atoms with Crippen molar-refractivity contribution in [1.29, 1.82) is 0 Å². The minimum Gasteiger partial charge on any atom is -0.489 e. The summed E-state index contributed by atoms with van der Waals surface area (Å²) in [5.41, 5.74) is 0.381. The Bertz CT molecular complexity index is 884. The third-order valence-electron chi connectivity index (χ3n) is 6.85. The van der Waals surface area contributed by atoms with Gasteiger partial charge in [0.2, 0.25) is 0 Å². The Kier molecular flexibility index (Phi) is 7.24. The summed E-state index contributed by atoms with van der Waals surface area (Å²) in [6.07, 6.45) is 11.8. The molecule has 4 rings (SSSR count). The fourth-order valence-corrected chi connectivity index (χ4v) is 6.14. The SMILES string of the molecule is C#CC(=O)N(c1ccc(OC2CC3(C2)CC(C)(C)C3)c(Cl)c1)C1(C=O)CCOCC1.CO. The van der Waals surface area contributed by atoms with E-state index in [4.69, 9.17) is 32.6 Å². The van der Waals surface area contributed by atoms with Crippen molar-refractivity contribution in [2.75, 3.05) is 25.2 Å². The fourth-order valence-electron chi connectivity index (χ4n) is 5.92. The second-order valence-electron chi connectivity index (χ2n) is 9.90. The van der Waals surface area contributed by atoms with Crippen LogP contribution in [0.3, 0.4) is 0 Å². The normalized spacial score (nSPS) is 22.2. The Hall–Kier alpha value is -2.07. The summed E-state index contributed by atoms with van der Waals surface area (Å²) in [6, 6.07) is 5.17. The van der Waals surface area contributed by atoms with Crippen LogP contribution in [0, 0.1) is 23.2 Å². The number of amides is 1. The van der Waals surface area contributed by atoms with Crippen molar-refractivity contribution in [3.05, 3.63) is 23.2 Å². The first-order chi connectivity index (χ1) is 15.2. The topological polar surface area (TPSA) is 76.1 Å². The molecule has 3 aliphatic rings. The van der Waals surface area contributed by atoms with Crippen molar-refractivity contribution in [2.24, 2.45) is 10.8 Å². The number of nitrogens with zero attached hydrogens (tertiary/aromatic N) is 1. The number of carbonyl (C=O) groups excluding carboxylic acids is 2. The van der Waals surface area contributed by atoms with Crippen molar-refractivity contribution in [2.45, 2.75) is 64.0 Å². The summed E-state index contributed by atoms with van der Waals surface area (Å²) < 4.78 is 11.5. The molecule has 0 radical (unpaired) electrons. The smallest absolute Gasteiger partial charge is 0.303 e. The minimum atomic E-state index is -1.02. The van der Waals surface area contributed by atoms with Gasteiger partial charge in [0.15, 0.2) is 0 Å². The maximum Gasteiger partial charge on any atom is 0.303 e. The predicted molar refractivity (Wildman–Crippen MR) is 124 cm³/mol. The van der Waals surface area contributed by atoms with E-state index in [1.807, 2.05) is 0 Å². The van der Waals surface area contributed by atoms with Crippen molar-refractivity contribution < 1.29 is 24.2 Å². The number of aliphatic hydroxyl groups excluding tert-OH is 1. The molecule has 32 heavy (non-hydrogen) atoms. The first kappa shape index (κ1) is 24.6. The van der Waals surface area contributed by atoms with Crippen LogP contribution in [0.5, 0.6) is 5.75 Å². The van der Waals surface area contributed by atoms with Crippen molar-refractivity contribution in [3.63, 3.8) is 0 Å². The molecule has 1 aromatic carbocycles. The van der Waals surface area contributed by atoms with Crippen LogP contribution in [-0.4, -0.2) is 49.3 Å². The van der Waals surface area contributed by atoms with E-state index in [1.54, 1.807) is 18.2 Å². The summed E-state index contributed by atoms with van der Waals surface area (Å²) in [5.74, 6) is 2.17. The molecule has 0 unspecified atom stereocenters. The van der Waals surface area contributed by atoms with Gasteiger partial charge in [0.25, 0.3) is 0 Å². The highest BCUT2D eigenvalue weighted by atomic mass is 35.5. The standard InChI is InChI=1S/C24H28ClNO4.CH4O/c1-4-21(28)26(24(16-27)7-9-29-10-8-24)17-5-6-20(19(25)11-17)30-18-12-23(13-18)14-22(2,3)15-23;1-2/h1,5-6,11,16,18H,7-10,12-15H2,2-3H3;2H,1H3. The van der Waals surface area contributed by atoms with Crippen LogP contribution in [0.1, 0.15) is 52.4 Å². The molecule has 7 heteroatoms. The first-order valence-corrected chi connectivity index (χ1v) is 11.4. The minimum absolute atomic E-state index is 0.171. The number of anilines is 1. The molecule has 1 aromatic rings. The maximum absolute atomic E-state index is 12.6. The van der Waals surface area contributed by atoms with Gasteiger partial charge >= 0.3 is 5.91 Å². The molecule has 1 aliphatic heterocycles. The quantitative estimate of drug-likeness (QED) is 0.529. The summed E-state index contributed by atoms with van der Waals surface area (Å²) in [5, 5.41) is 7.41. The zero-order valence-electron chi connectivity index (χ0n) is 19.0. The molecule has 3 fully saturated rings. The van der Waals surface area contributed by atoms with E-state index in [0.29, 0.717) is 53.3 Å². The highest BCUT2D eigenvalue weighted by molar-refractivity contribution is 6.32. The zero-order valence-corrected chi connectivity index (χ0v) is 19.8. The van der Waals surface area contributed by atoms with Crippen molar-refractivity contribution in [1.82, 2.24) is 0 Å². The van der Waals surface area contributed by atoms with Crippen LogP contribution in [0.2, 0.25) is 5.02 Å². The van der Waals surface area contributed by atoms with Gasteiger partial charge in [-0.05, 0) is 60.6 Å². The number of carbonyl (C=O) groups is 2. The van der Waals surface area contributed by atoms with E-state index < -0.39 is 11.4 Å². The van der Waals surface area contributed by atoms with Gasteiger partial charge in [0.05, 0.1) is 11.1 Å². The molecule has 1 amide bonds. The molecule has 1 heterocycles. The third-order valence-corrected chi connectivity index (χ3v) is 7.14. The summed E-state index contributed by atoms with van der Waals surface area (Å²) in [7, 11) is 1.00. The van der Waals surface area contributed by atoms with Gasteiger partial charge in [0.1, 0.15) is 17.6 Å². The predicted octanol–water partition coefficient (Wildman–Crippen LogP) is 4.01. The number of hydrogen-bond donors (Lipinski definition) is 1. The number of terminal acetylenes is 1. The van der Waals surface area contributed by atoms with E-state index >= 15 is 0 Å². The van der Waals surface area contributed by atoms with E-state index in [1.165, 1.54) is 17.7 Å². The zero-order chi connectivity index (χ0) is 23.6. The number of aliphatic hydroxyl groups is 1. The summed E-state index contributed by atoms with van der Waals surface area (Å²) in [6.45, 7) is 5.41. The van der Waals surface area contributed by atoms with Crippen molar-refractivity contribution in [3.8, 4) is 18.1 Å². The lowest BCUT2D eigenvalue weighted by molar-refractivity contribution is -0.132. The van der Waals surface area contributed by atoms with Gasteiger partial charge in [0, 0.05) is 38.9 Å². The van der Waals surface area contributed by atoms with Gasteiger partial charge in [-0.2, -0.15) is 0 Å². The first-order valence-electron chi connectivity index (χ1n) is 11.0. The van der Waals surface area contributed by atoms with E-state index in [-0.39, 0.29) is 6.10 Å².